The first kappa shape index (κ1) is 18.2. The first-order chi connectivity index (χ1) is 11.3. The molecular formula is C16H24N2O6. The Kier molecular flexibility index (Phi) is 5.46. The van der Waals surface area contributed by atoms with E-state index in [1.807, 2.05) is 0 Å². The van der Waals surface area contributed by atoms with E-state index >= 15 is 0 Å². The van der Waals surface area contributed by atoms with E-state index in [0.29, 0.717) is 5.92 Å². The molecule has 0 aromatic carbocycles. The molecule has 2 rings (SSSR count). The van der Waals surface area contributed by atoms with Gasteiger partial charge in [0.25, 0.3) is 0 Å². The quantitative estimate of drug-likeness (QED) is 0.560. The standard InChI is InChI=1S/C16H24N2O6/c1-7-3-5-8(6-4-7)18-14(20)10-11(15(21)22)9(13(19)17-2)12(10)16(23)24/h7-12H,3-6H2,1-2H3,(H,17,19)(H,18,20)(H,21,22)(H,23,24). The van der Waals surface area contributed by atoms with Crippen molar-refractivity contribution in [3.05, 3.63) is 0 Å². The van der Waals surface area contributed by atoms with Crippen molar-refractivity contribution in [2.45, 2.75) is 38.6 Å². The highest BCUT2D eigenvalue weighted by atomic mass is 16.4. The number of hydrogen-bond acceptors (Lipinski definition) is 4. The number of carboxylic acid groups (broad SMARTS) is 2. The summed E-state index contributed by atoms with van der Waals surface area (Å²) in [7, 11) is 1.32. The lowest BCUT2D eigenvalue weighted by atomic mass is 9.55. The second-order valence-corrected chi connectivity index (χ2v) is 6.86. The topological polar surface area (TPSA) is 133 Å². The van der Waals surface area contributed by atoms with Crippen molar-refractivity contribution in [1.82, 2.24) is 10.6 Å². The fourth-order valence-corrected chi connectivity index (χ4v) is 3.88. The molecule has 2 fully saturated rings. The van der Waals surface area contributed by atoms with E-state index in [0.717, 1.165) is 25.7 Å². The highest BCUT2D eigenvalue weighted by molar-refractivity contribution is 5.99. The van der Waals surface area contributed by atoms with Crippen LogP contribution in [0.15, 0.2) is 0 Å². The second-order valence-electron chi connectivity index (χ2n) is 6.86. The Morgan fingerprint density at radius 3 is 1.67 bits per heavy atom. The summed E-state index contributed by atoms with van der Waals surface area (Å²) in [6.07, 6.45) is 3.55. The molecule has 0 saturated heterocycles. The summed E-state index contributed by atoms with van der Waals surface area (Å²) in [6.45, 7) is 2.14. The number of carbonyl (C=O) groups excluding carboxylic acids is 2. The van der Waals surface area contributed by atoms with Gasteiger partial charge >= 0.3 is 11.9 Å². The molecule has 0 spiro atoms. The highest BCUT2D eigenvalue weighted by Gasteiger charge is 2.63. The van der Waals surface area contributed by atoms with Crippen molar-refractivity contribution in [2.24, 2.45) is 29.6 Å². The van der Waals surface area contributed by atoms with E-state index in [1.165, 1.54) is 7.05 Å². The average Bonchev–Trinajstić information content (AvgIpc) is 2.47. The SMILES string of the molecule is CNC(=O)C1C(C(=O)O)C(C(=O)NC2CCC(C)CC2)C1C(=O)O. The van der Waals surface area contributed by atoms with Gasteiger partial charge in [-0.05, 0) is 31.6 Å². The van der Waals surface area contributed by atoms with Crippen LogP contribution in [0, 0.1) is 29.6 Å². The van der Waals surface area contributed by atoms with Gasteiger partial charge in [0.05, 0.1) is 23.7 Å². The minimum atomic E-state index is -1.32. The number of nitrogens with one attached hydrogen (secondary N) is 2. The molecular weight excluding hydrogens is 316 g/mol. The van der Waals surface area contributed by atoms with E-state index < -0.39 is 47.4 Å². The summed E-state index contributed by atoms with van der Waals surface area (Å²) in [6, 6.07) is -0.0587. The predicted octanol–water partition coefficient (Wildman–Crippen LogP) is 0.0749. The van der Waals surface area contributed by atoms with Crippen LogP contribution in [0.1, 0.15) is 32.6 Å². The summed E-state index contributed by atoms with van der Waals surface area (Å²) in [5, 5.41) is 23.8. The van der Waals surface area contributed by atoms with Gasteiger partial charge in [-0.15, -0.1) is 0 Å². The molecule has 2 saturated carbocycles. The zero-order valence-electron chi connectivity index (χ0n) is 13.8. The Balaban J connectivity index is 2.13. The van der Waals surface area contributed by atoms with Crippen LogP contribution < -0.4 is 10.6 Å². The van der Waals surface area contributed by atoms with E-state index in [9.17, 15) is 29.4 Å². The van der Waals surface area contributed by atoms with Gasteiger partial charge in [0.15, 0.2) is 0 Å². The molecule has 0 aromatic heterocycles. The lowest BCUT2D eigenvalue weighted by Gasteiger charge is -2.45. The third-order valence-electron chi connectivity index (χ3n) is 5.33. The molecule has 4 N–H and O–H groups in total. The molecule has 2 atom stereocenters. The Labute approximate surface area is 140 Å². The summed E-state index contributed by atoms with van der Waals surface area (Å²) in [5.74, 6) is -8.36. The smallest absolute Gasteiger partial charge is 0.308 e. The molecule has 0 bridgehead atoms. The Bertz CT molecular complexity index is 519. The number of hydrogen-bond donors (Lipinski definition) is 4. The Morgan fingerprint density at radius 1 is 0.792 bits per heavy atom. The second kappa shape index (κ2) is 7.19. The number of rotatable bonds is 5. The highest BCUT2D eigenvalue weighted by Crippen LogP contribution is 2.47. The van der Waals surface area contributed by atoms with Crippen LogP contribution in [0.3, 0.4) is 0 Å². The van der Waals surface area contributed by atoms with E-state index in [2.05, 4.69) is 17.6 Å². The Morgan fingerprint density at radius 2 is 1.25 bits per heavy atom. The molecule has 2 unspecified atom stereocenters. The largest absolute Gasteiger partial charge is 0.481 e. The van der Waals surface area contributed by atoms with Crippen LogP contribution in [-0.2, 0) is 19.2 Å². The van der Waals surface area contributed by atoms with Gasteiger partial charge in [-0.25, -0.2) is 0 Å². The molecule has 0 aromatic rings. The van der Waals surface area contributed by atoms with Gasteiger partial charge in [-0.2, -0.15) is 0 Å². The van der Waals surface area contributed by atoms with Crippen molar-refractivity contribution < 1.29 is 29.4 Å². The fourth-order valence-electron chi connectivity index (χ4n) is 3.88. The maximum Gasteiger partial charge on any atom is 0.308 e. The van der Waals surface area contributed by atoms with Crippen molar-refractivity contribution >= 4 is 23.8 Å². The number of amides is 2. The molecule has 8 heteroatoms. The summed E-state index contributed by atoms with van der Waals surface area (Å²) in [4.78, 5) is 47.3. The van der Waals surface area contributed by atoms with E-state index in [-0.39, 0.29) is 6.04 Å². The zero-order chi connectivity index (χ0) is 18.0. The monoisotopic (exact) mass is 340 g/mol. The van der Waals surface area contributed by atoms with Gasteiger partial charge in [-0.1, -0.05) is 6.92 Å². The third-order valence-corrected chi connectivity index (χ3v) is 5.33. The summed E-state index contributed by atoms with van der Waals surface area (Å²) >= 11 is 0. The minimum Gasteiger partial charge on any atom is -0.481 e. The van der Waals surface area contributed by atoms with Crippen LogP contribution in [0.25, 0.3) is 0 Å². The van der Waals surface area contributed by atoms with Crippen molar-refractivity contribution in [3.63, 3.8) is 0 Å². The zero-order valence-corrected chi connectivity index (χ0v) is 13.8. The van der Waals surface area contributed by atoms with Gasteiger partial charge < -0.3 is 20.8 Å². The van der Waals surface area contributed by atoms with Crippen LogP contribution in [0.5, 0.6) is 0 Å². The van der Waals surface area contributed by atoms with Crippen LogP contribution in [0.2, 0.25) is 0 Å². The van der Waals surface area contributed by atoms with Crippen LogP contribution in [-0.4, -0.2) is 47.1 Å². The molecule has 8 nitrogen and oxygen atoms in total. The molecule has 2 aliphatic rings. The van der Waals surface area contributed by atoms with E-state index in [1.54, 1.807) is 0 Å². The van der Waals surface area contributed by atoms with E-state index in [4.69, 9.17) is 0 Å². The van der Waals surface area contributed by atoms with Crippen molar-refractivity contribution in [2.75, 3.05) is 7.05 Å². The lowest BCUT2D eigenvalue weighted by molar-refractivity contribution is -0.181. The number of carboxylic acids is 2. The predicted molar refractivity (Wildman–Crippen MR) is 82.9 cm³/mol. The molecule has 2 aliphatic carbocycles. The average molecular weight is 340 g/mol. The maximum atomic E-state index is 12.5. The van der Waals surface area contributed by atoms with Crippen LogP contribution in [0.4, 0.5) is 0 Å². The normalized spacial score (nSPS) is 35.4. The molecule has 0 radical (unpaired) electrons. The molecule has 0 aliphatic heterocycles. The lowest BCUT2D eigenvalue weighted by Crippen LogP contribution is -2.64. The van der Waals surface area contributed by atoms with Gasteiger partial charge in [0.1, 0.15) is 0 Å². The van der Waals surface area contributed by atoms with Crippen molar-refractivity contribution in [1.29, 1.82) is 0 Å². The molecule has 0 heterocycles. The van der Waals surface area contributed by atoms with Gasteiger partial charge in [-0.3, -0.25) is 19.2 Å². The minimum absolute atomic E-state index is 0.0587. The summed E-state index contributed by atoms with van der Waals surface area (Å²) in [5.41, 5.74) is 0. The number of aliphatic carboxylic acids is 2. The number of carbonyl (C=O) groups is 4. The fraction of sp³-hybridized carbons (Fsp3) is 0.750. The molecule has 24 heavy (non-hydrogen) atoms. The molecule has 134 valence electrons. The van der Waals surface area contributed by atoms with Gasteiger partial charge in [0, 0.05) is 13.1 Å². The van der Waals surface area contributed by atoms with Crippen molar-refractivity contribution in [3.8, 4) is 0 Å². The third kappa shape index (κ3) is 3.37. The Hall–Kier alpha value is -2.12. The molecule has 2 amide bonds. The maximum absolute atomic E-state index is 12.5. The van der Waals surface area contributed by atoms with Crippen LogP contribution >= 0.6 is 0 Å². The first-order valence-electron chi connectivity index (χ1n) is 8.25. The summed E-state index contributed by atoms with van der Waals surface area (Å²) < 4.78 is 0. The van der Waals surface area contributed by atoms with Gasteiger partial charge in [0.2, 0.25) is 11.8 Å². The first-order valence-corrected chi connectivity index (χ1v) is 8.25.